The van der Waals surface area contributed by atoms with Gasteiger partial charge in [-0.1, -0.05) is 13.8 Å². The summed E-state index contributed by atoms with van der Waals surface area (Å²) in [6.07, 6.45) is 4.75. The smallest absolute Gasteiger partial charge is 0.223 e. The van der Waals surface area contributed by atoms with Gasteiger partial charge in [0.2, 0.25) is 15.9 Å². The predicted molar refractivity (Wildman–Crippen MR) is 71.7 cm³/mol. The van der Waals surface area contributed by atoms with Crippen molar-refractivity contribution in [2.45, 2.75) is 45.6 Å². The molecule has 0 aromatic heterocycles. The van der Waals surface area contributed by atoms with Crippen LogP contribution in [0.4, 0.5) is 0 Å². The van der Waals surface area contributed by atoms with Crippen molar-refractivity contribution in [2.75, 3.05) is 19.3 Å². The Morgan fingerprint density at radius 1 is 1.33 bits per heavy atom. The minimum atomic E-state index is -3.15. The summed E-state index contributed by atoms with van der Waals surface area (Å²) in [4.78, 5) is 11.7. The molecule has 0 aromatic rings. The summed E-state index contributed by atoms with van der Waals surface area (Å²) >= 11 is 0. The molecule has 0 aliphatic heterocycles. The van der Waals surface area contributed by atoms with Crippen LogP contribution in [0, 0.1) is 5.92 Å². The Morgan fingerprint density at radius 2 is 1.89 bits per heavy atom. The van der Waals surface area contributed by atoms with E-state index in [-0.39, 0.29) is 17.9 Å². The van der Waals surface area contributed by atoms with Gasteiger partial charge in [0.05, 0.1) is 6.26 Å². The summed E-state index contributed by atoms with van der Waals surface area (Å²) < 4.78 is 24.6. The molecule has 0 heterocycles. The van der Waals surface area contributed by atoms with Crippen LogP contribution in [0.2, 0.25) is 0 Å². The fraction of sp³-hybridized carbons (Fsp3) is 0.917. The summed E-state index contributed by atoms with van der Waals surface area (Å²) in [7, 11) is -3.15. The Morgan fingerprint density at radius 3 is 2.28 bits per heavy atom. The third kappa shape index (κ3) is 4.57. The van der Waals surface area contributed by atoms with Crippen LogP contribution in [0.5, 0.6) is 0 Å². The summed E-state index contributed by atoms with van der Waals surface area (Å²) in [5, 5.41) is 2.82. The zero-order chi connectivity index (χ0) is 13.8. The molecule has 106 valence electrons. The zero-order valence-electron chi connectivity index (χ0n) is 11.5. The number of sulfonamides is 1. The van der Waals surface area contributed by atoms with Gasteiger partial charge in [-0.3, -0.25) is 4.79 Å². The molecule has 5 nitrogen and oxygen atoms in total. The highest BCUT2D eigenvalue weighted by molar-refractivity contribution is 7.88. The Balaban J connectivity index is 2.38. The van der Waals surface area contributed by atoms with E-state index >= 15 is 0 Å². The number of carbonyl (C=O) groups excluding carboxylic acids is 1. The van der Waals surface area contributed by atoms with Crippen LogP contribution in [0.25, 0.3) is 0 Å². The highest BCUT2D eigenvalue weighted by atomic mass is 32.2. The highest BCUT2D eigenvalue weighted by Crippen LogP contribution is 2.28. The number of amides is 1. The van der Waals surface area contributed by atoms with Gasteiger partial charge in [-0.15, -0.1) is 0 Å². The van der Waals surface area contributed by atoms with E-state index in [2.05, 4.69) is 5.32 Å². The second kappa shape index (κ2) is 6.52. The largest absolute Gasteiger partial charge is 0.355 e. The minimum absolute atomic E-state index is 0.0317. The van der Waals surface area contributed by atoms with Crippen LogP contribution in [-0.2, 0) is 14.8 Å². The monoisotopic (exact) mass is 276 g/mol. The number of hydrogen-bond donors (Lipinski definition) is 1. The average Bonchev–Trinajstić information content (AvgIpc) is 3.08. The van der Waals surface area contributed by atoms with Crippen molar-refractivity contribution in [1.29, 1.82) is 0 Å². The molecule has 0 saturated heterocycles. The molecule has 1 fully saturated rings. The van der Waals surface area contributed by atoms with E-state index in [4.69, 9.17) is 0 Å². The van der Waals surface area contributed by atoms with Crippen molar-refractivity contribution >= 4 is 15.9 Å². The Labute approximate surface area is 110 Å². The van der Waals surface area contributed by atoms with Gasteiger partial charge in [-0.05, 0) is 25.7 Å². The molecule has 1 rings (SSSR count). The SMILES string of the molecule is CCC(CC)C(=O)NCCN(C1CC1)S(C)(=O)=O. The van der Waals surface area contributed by atoms with E-state index in [0.29, 0.717) is 13.1 Å². The van der Waals surface area contributed by atoms with Gasteiger partial charge in [0.25, 0.3) is 0 Å². The van der Waals surface area contributed by atoms with E-state index in [1.807, 2.05) is 13.8 Å². The molecular weight excluding hydrogens is 252 g/mol. The molecular formula is C12H24N2O3S. The van der Waals surface area contributed by atoms with Gasteiger partial charge in [0, 0.05) is 25.0 Å². The molecule has 18 heavy (non-hydrogen) atoms. The molecule has 1 N–H and O–H groups in total. The van der Waals surface area contributed by atoms with Gasteiger partial charge in [-0.2, -0.15) is 4.31 Å². The first-order valence-corrected chi connectivity index (χ1v) is 8.49. The lowest BCUT2D eigenvalue weighted by molar-refractivity contribution is -0.125. The molecule has 0 bridgehead atoms. The van der Waals surface area contributed by atoms with Gasteiger partial charge in [0.1, 0.15) is 0 Å². The van der Waals surface area contributed by atoms with E-state index in [1.165, 1.54) is 10.6 Å². The minimum Gasteiger partial charge on any atom is -0.355 e. The molecule has 1 aliphatic carbocycles. The fourth-order valence-corrected chi connectivity index (χ4v) is 3.25. The third-order valence-electron chi connectivity index (χ3n) is 3.37. The second-order valence-corrected chi connectivity index (χ2v) is 6.84. The van der Waals surface area contributed by atoms with Crippen LogP contribution in [0.15, 0.2) is 0 Å². The van der Waals surface area contributed by atoms with E-state index in [9.17, 15) is 13.2 Å². The lowest BCUT2D eigenvalue weighted by Crippen LogP contribution is -2.40. The number of nitrogens with zero attached hydrogens (tertiary/aromatic N) is 1. The molecule has 0 radical (unpaired) electrons. The molecule has 1 amide bonds. The van der Waals surface area contributed by atoms with Crippen molar-refractivity contribution in [1.82, 2.24) is 9.62 Å². The molecule has 0 spiro atoms. The van der Waals surface area contributed by atoms with Gasteiger partial charge < -0.3 is 5.32 Å². The summed E-state index contributed by atoms with van der Waals surface area (Å²) in [5.74, 6) is 0.0712. The molecule has 0 aromatic carbocycles. The quantitative estimate of drug-likeness (QED) is 0.718. The average molecular weight is 276 g/mol. The van der Waals surface area contributed by atoms with Crippen molar-refractivity contribution < 1.29 is 13.2 Å². The van der Waals surface area contributed by atoms with Crippen molar-refractivity contribution in [3.8, 4) is 0 Å². The molecule has 6 heteroatoms. The van der Waals surface area contributed by atoms with Crippen molar-refractivity contribution in [3.63, 3.8) is 0 Å². The van der Waals surface area contributed by atoms with Crippen molar-refractivity contribution in [2.24, 2.45) is 5.92 Å². The maximum atomic E-state index is 11.7. The van der Waals surface area contributed by atoms with Crippen LogP contribution in [-0.4, -0.2) is 44.0 Å². The maximum absolute atomic E-state index is 11.7. The van der Waals surface area contributed by atoms with Gasteiger partial charge in [-0.25, -0.2) is 8.42 Å². The Hall–Kier alpha value is -0.620. The number of rotatable bonds is 8. The van der Waals surface area contributed by atoms with Crippen LogP contribution < -0.4 is 5.32 Å². The zero-order valence-corrected chi connectivity index (χ0v) is 12.3. The molecule has 0 atom stereocenters. The molecule has 1 saturated carbocycles. The first-order valence-electron chi connectivity index (χ1n) is 6.64. The van der Waals surface area contributed by atoms with Gasteiger partial charge >= 0.3 is 0 Å². The lowest BCUT2D eigenvalue weighted by atomic mass is 10.0. The topological polar surface area (TPSA) is 66.5 Å². The standard InChI is InChI=1S/C12H24N2O3S/c1-4-10(5-2)12(15)13-8-9-14(11-6-7-11)18(3,16)17/h10-11H,4-9H2,1-3H3,(H,13,15). The Bertz CT molecular complexity index is 373. The maximum Gasteiger partial charge on any atom is 0.223 e. The van der Waals surface area contributed by atoms with Crippen LogP contribution >= 0.6 is 0 Å². The number of hydrogen-bond acceptors (Lipinski definition) is 3. The third-order valence-corrected chi connectivity index (χ3v) is 4.70. The lowest BCUT2D eigenvalue weighted by Gasteiger charge is -2.20. The van der Waals surface area contributed by atoms with Gasteiger partial charge in [0.15, 0.2) is 0 Å². The first kappa shape index (κ1) is 15.4. The van der Waals surface area contributed by atoms with E-state index in [1.54, 1.807) is 0 Å². The normalized spacial score (nSPS) is 16.3. The summed E-state index contributed by atoms with van der Waals surface area (Å²) in [6.45, 7) is 4.76. The highest BCUT2D eigenvalue weighted by Gasteiger charge is 2.34. The molecule has 0 unspecified atom stereocenters. The predicted octanol–water partition coefficient (Wildman–Crippen LogP) is 0.963. The van der Waals surface area contributed by atoms with Crippen molar-refractivity contribution in [3.05, 3.63) is 0 Å². The fourth-order valence-electron chi connectivity index (χ4n) is 2.07. The van der Waals surface area contributed by atoms with Crippen LogP contribution in [0.1, 0.15) is 39.5 Å². The molecule has 1 aliphatic rings. The summed E-state index contributed by atoms with van der Waals surface area (Å²) in [5.41, 5.74) is 0. The number of carbonyl (C=O) groups is 1. The second-order valence-electron chi connectivity index (χ2n) is 4.91. The Kier molecular flexibility index (Phi) is 5.59. The first-order chi connectivity index (χ1) is 8.40. The number of nitrogens with one attached hydrogen (secondary N) is 1. The van der Waals surface area contributed by atoms with E-state index < -0.39 is 10.0 Å². The summed E-state index contributed by atoms with van der Waals surface area (Å²) in [6, 6.07) is 0.157. The van der Waals surface area contributed by atoms with Crippen LogP contribution in [0.3, 0.4) is 0 Å². The van der Waals surface area contributed by atoms with E-state index in [0.717, 1.165) is 25.7 Å².